The lowest BCUT2D eigenvalue weighted by molar-refractivity contribution is -0.130. The molecule has 8 nitrogen and oxygen atoms in total. The minimum atomic E-state index is -0.292. The average molecular weight is 395 g/mol. The summed E-state index contributed by atoms with van der Waals surface area (Å²) in [5.41, 5.74) is 1.61. The molecule has 3 rings (SSSR count). The highest BCUT2D eigenvalue weighted by molar-refractivity contribution is 6.01. The Bertz CT molecular complexity index is 911. The van der Waals surface area contributed by atoms with Gasteiger partial charge in [-0.25, -0.2) is 0 Å². The first-order valence-electron chi connectivity index (χ1n) is 9.55. The predicted octanol–water partition coefficient (Wildman–Crippen LogP) is 1.32. The molecule has 2 heterocycles. The maximum atomic E-state index is 12.9. The number of hydrogen-bond acceptors (Lipinski definition) is 4. The van der Waals surface area contributed by atoms with Gasteiger partial charge >= 0.3 is 0 Å². The van der Waals surface area contributed by atoms with E-state index in [4.69, 9.17) is 0 Å². The van der Waals surface area contributed by atoms with Crippen molar-refractivity contribution < 1.29 is 14.4 Å². The van der Waals surface area contributed by atoms with Gasteiger partial charge in [-0.1, -0.05) is 30.3 Å². The summed E-state index contributed by atoms with van der Waals surface area (Å²) >= 11 is 0. The third-order valence-electron chi connectivity index (χ3n) is 4.74. The molecule has 1 aromatic carbocycles. The highest BCUT2D eigenvalue weighted by Gasteiger charge is 2.26. The highest BCUT2D eigenvalue weighted by atomic mass is 16.2. The topological polar surface area (TPSA) is 96.3 Å². The van der Waals surface area contributed by atoms with Crippen LogP contribution in [0.4, 0.5) is 0 Å². The average Bonchev–Trinajstić information content (AvgIpc) is 3.14. The molecule has 0 radical (unpaired) electrons. The van der Waals surface area contributed by atoms with Crippen LogP contribution in [0.5, 0.6) is 0 Å². The van der Waals surface area contributed by atoms with E-state index in [2.05, 4.69) is 15.7 Å². The quantitative estimate of drug-likeness (QED) is 0.747. The van der Waals surface area contributed by atoms with E-state index in [0.29, 0.717) is 31.5 Å². The van der Waals surface area contributed by atoms with Gasteiger partial charge in [0.05, 0.1) is 11.8 Å². The fourth-order valence-electron chi connectivity index (χ4n) is 3.26. The van der Waals surface area contributed by atoms with Crippen LogP contribution in [0.3, 0.4) is 0 Å². The van der Waals surface area contributed by atoms with Gasteiger partial charge in [0.2, 0.25) is 5.91 Å². The number of nitrogens with one attached hydrogen (secondary N) is 2. The van der Waals surface area contributed by atoms with E-state index >= 15 is 0 Å². The van der Waals surface area contributed by atoms with Gasteiger partial charge in [-0.2, -0.15) is 5.10 Å². The Labute approximate surface area is 169 Å². The lowest BCUT2D eigenvalue weighted by Crippen LogP contribution is -2.48. The molecule has 2 N–H and O–H groups in total. The summed E-state index contributed by atoms with van der Waals surface area (Å²) in [4.78, 5) is 38.5. The summed E-state index contributed by atoms with van der Waals surface area (Å²) in [7, 11) is 1.76. The van der Waals surface area contributed by atoms with Crippen molar-refractivity contribution in [2.45, 2.75) is 25.8 Å². The second kappa shape index (κ2) is 9.18. The molecule has 1 aromatic heterocycles. The second-order valence-corrected chi connectivity index (χ2v) is 7.09. The van der Waals surface area contributed by atoms with E-state index in [1.165, 1.54) is 13.1 Å². The number of aryl methyl sites for hydroxylation is 1. The predicted molar refractivity (Wildman–Crippen MR) is 109 cm³/mol. The molecular weight excluding hydrogens is 370 g/mol. The number of carbonyl (C=O) groups excluding carboxylic acids is 3. The first-order valence-corrected chi connectivity index (χ1v) is 9.55. The smallest absolute Gasteiger partial charge is 0.270 e. The number of piperidine rings is 1. The normalized spacial score (nSPS) is 15.1. The summed E-state index contributed by atoms with van der Waals surface area (Å²) in [5.74, 6) is -0.675. The largest absolute Gasteiger partial charge is 0.349 e. The molecule has 152 valence electrons. The lowest BCUT2D eigenvalue weighted by atomic mass is 10.0. The van der Waals surface area contributed by atoms with Gasteiger partial charge in [0.1, 0.15) is 5.70 Å². The molecule has 0 atom stereocenters. The zero-order valence-corrected chi connectivity index (χ0v) is 16.6. The van der Waals surface area contributed by atoms with Crippen LogP contribution >= 0.6 is 0 Å². The van der Waals surface area contributed by atoms with E-state index < -0.39 is 0 Å². The standard InChI is InChI=1S/C21H25N5O3/c1-15(27)23-19(12-16-6-4-3-5-7-16)21(29)26-10-8-18(9-11-26)24-20(28)17-13-22-25(2)14-17/h3-7,12-14,18H,8-11H2,1-2H3,(H,23,27)(H,24,28). The summed E-state index contributed by atoms with van der Waals surface area (Å²) in [6.45, 7) is 2.39. The van der Waals surface area contributed by atoms with Crippen molar-refractivity contribution in [3.05, 3.63) is 59.5 Å². The molecule has 1 saturated heterocycles. The Hall–Kier alpha value is -3.42. The number of hydrogen-bond donors (Lipinski definition) is 2. The van der Waals surface area contributed by atoms with Crippen molar-refractivity contribution in [2.75, 3.05) is 13.1 Å². The molecule has 0 bridgehead atoms. The minimum absolute atomic E-state index is 0.00549. The zero-order chi connectivity index (χ0) is 20.8. The molecule has 8 heteroatoms. The van der Waals surface area contributed by atoms with Crippen LogP contribution in [0.25, 0.3) is 6.08 Å². The molecule has 0 unspecified atom stereocenters. The Morgan fingerprint density at radius 1 is 1.14 bits per heavy atom. The molecular formula is C21H25N5O3. The molecule has 1 aliphatic rings. The van der Waals surface area contributed by atoms with E-state index in [1.54, 1.807) is 28.9 Å². The maximum Gasteiger partial charge on any atom is 0.270 e. The first kappa shape index (κ1) is 20.3. The summed E-state index contributed by atoms with van der Waals surface area (Å²) < 4.78 is 1.58. The highest BCUT2D eigenvalue weighted by Crippen LogP contribution is 2.15. The summed E-state index contributed by atoms with van der Waals surface area (Å²) in [6, 6.07) is 9.37. The van der Waals surface area contributed by atoms with Gasteiger partial charge in [0, 0.05) is 39.3 Å². The van der Waals surface area contributed by atoms with Gasteiger partial charge in [-0.3, -0.25) is 19.1 Å². The van der Waals surface area contributed by atoms with Crippen LogP contribution in [0.1, 0.15) is 35.7 Å². The third kappa shape index (κ3) is 5.54. The molecule has 3 amide bonds. The molecule has 2 aromatic rings. The van der Waals surface area contributed by atoms with Gasteiger partial charge in [-0.15, -0.1) is 0 Å². The fourth-order valence-corrected chi connectivity index (χ4v) is 3.26. The third-order valence-corrected chi connectivity index (χ3v) is 4.74. The van der Waals surface area contributed by atoms with Crippen LogP contribution in [0.15, 0.2) is 48.4 Å². The Morgan fingerprint density at radius 2 is 1.83 bits per heavy atom. The van der Waals surface area contributed by atoms with Crippen LogP contribution < -0.4 is 10.6 Å². The number of amides is 3. The van der Waals surface area contributed by atoms with Crippen LogP contribution in [-0.4, -0.2) is 51.5 Å². The second-order valence-electron chi connectivity index (χ2n) is 7.09. The van der Waals surface area contributed by atoms with Crippen LogP contribution in [0, 0.1) is 0 Å². The van der Waals surface area contributed by atoms with Crippen molar-refractivity contribution in [3.8, 4) is 0 Å². The molecule has 29 heavy (non-hydrogen) atoms. The monoisotopic (exact) mass is 395 g/mol. The molecule has 1 fully saturated rings. The zero-order valence-electron chi connectivity index (χ0n) is 16.6. The van der Waals surface area contributed by atoms with Gasteiger partial charge in [0.15, 0.2) is 0 Å². The molecule has 0 spiro atoms. The van der Waals surface area contributed by atoms with Gasteiger partial charge in [-0.05, 0) is 24.5 Å². The Morgan fingerprint density at radius 3 is 2.41 bits per heavy atom. The van der Waals surface area contributed by atoms with Gasteiger partial charge < -0.3 is 15.5 Å². The Kier molecular flexibility index (Phi) is 6.43. The van der Waals surface area contributed by atoms with Gasteiger partial charge in [0.25, 0.3) is 11.8 Å². The molecule has 1 aliphatic heterocycles. The fraction of sp³-hybridized carbons (Fsp3) is 0.333. The van der Waals surface area contributed by atoms with E-state index in [0.717, 1.165) is 5.56 Å². The van der Waals surface area contributed by atoms with Crippen molar-refractivity contribution in [1.29, 1.82) is 0 Å². The SMILES string of the molecule is CC(=O)NC(=Cc1ccccc1)C(=O)N1CCC(NC(=O)c2cnn(C)c2)CC1. The Balaban J connectivity index is 1.60. The van der Waals surface area contributed by atoms with E-state index in [-0.39, 0.29) is 29.5 Å². The van der Waals surface area contributed by atoms with Crippen molar-refractivity contribution in [2.24, 2.45) is 7.05 Å². The number of rotatable bonds is 5. The summed E-state index contributed by atoms with van der Waals surface area (Å²) in [6.07, 6.45) is 6.18. The van der Waals surface area contributed by atoms with E-state index in [1.807, 2.05) is 30.3 Å². The molecule has 0 aliphatic carbocycles. The number of nitrogens with zero attached hydrogens (tertiary/aromatic N) is 3. The van der Waals surface area contributed by atoms with Crippen LogP contribution in [0.2, 0.25) is 0 Å². The van der Waals surface area contributed by atoms with Crippen LogP contribution in [-0.2, 0) is 16.6 Å². The van der Waals surface area contributed by atoms with Crippen molar-refractivity contribution in [3.63, 3.8) is 0 Å². The number of carbonyl (C=O) groups is 3. The number of aromatic nitrogens is 2. The number of likely N-dealkylation sites (tertiary alicyclic amines) is 1. The lowest BCUT2D eigenvalue weighted by Gasteiger charge is -2.32. The number of benzene rings is 1. The van der Waals surface area contributed by atoms with E-state index in [9.17, 15) is 14.4 Å². The minimum Gasteiger partial charge on any atom is -0.349 e. The summed E-state index contributed by atoms with van der Waals surface area (Å²) in [5, 5.41) is 9.64. The first-order chi connectivity index (χ1) is 13.9. The van der Waals surface area contributed by atoms with Crippen molar-refractivity contribution >= 4 is 23.8 Å². The molecule has 0 saturated carbocycles. The maximum absolute atomic E-state index is 12.9. The van der Waals surface area contributed by atoms with Crippen molar-refractivity contribution in [1.82, 2.24) is 25.3 Å².